The largest absolute Gasteiger partial charge is 0.478 e. The number of aliphatic hydroxyl groups is 1. The minimum absolute atomic E-state index is 0.225. The van der Waals surface area contributed by atoms with Gasteiger partial charge >= 0.3 is 5.97 Å². The lowest BCUT2D eigenvalue weighted by Crippen LogP contribution is -2.53. The first-order valence-electron chi connectivity index (χ1n) is 7.60. The van der Waals surface area contributed by atoms with Gasteiger partial charge in [0.15, 0.2) is 0 Å². The summed E-state index contributed by atoms with van der Waals surface area (Å²) in [5, 5.41) is 20.1. The van der Waals surface area contributed by atoms with E-state index in [0.29, 0.717) is 30.9 Å². The molecule has 0 amide bonds. The zero-order chi connectivity index (χ0) is 15.0. The number of nitrogens with zero attached hydrogens (tertiary/aromatic N) is 1. The Kier molecular flexibility index (Phi) is 3.53. The fourth-order valence-electron chi connectivity index (χ4n) is 3.78. The maximum Gasteiger partial charge on any atom is 0.337 e. The van der Waals surface area contributed by atoms with Crippen molar-refractivity contribution in [2.24, 2.45) is 5.92 Å². The summed E-state index contributed by atoms with van der Waals surface area (Å²) < 4.78 is 0. The molecule has 0 bridgehead atoms. The van der Waals surface area contributed by atoms with Gasteiger partial charge in [0.05, 0.1) is 16.9 Å². The molecule has 1 aliphatic heterocycles. The number of carboxylic acid groups (broad SMARTS) is 1. The molecule has 1 aromatic carbocycles. The molecule has 4 N–H and O–H groups in total. The molecule has 0 aromatic heterocycles. The molecular formula is C16H22N2O3. The Hall–Kier alpha value is -1.75. The molecule has 0 spiro atoms. The number of nitrogens with two attached hydrogens (primary N) is 1. The van der Waals surface area contributed by atoms with E-state index >= 15 is 0 Å². The van der Waals surface area contributed by atoms with Crippen molar-refractivity contribution in [1.29, 1.82) is 0 Å². The number of carbonyl (C=O) groups is 1. The molecule has 2 fully saturated rings. The van der Waals surface area contributed by atoms with E-state index in [4.69, 9.17) is 5.73 Å². The maximum absolute atomic E-state index is 11.4. The van der Waals surface area contributed by atoms with E-state index < -0.39 is 11.6 Å². The molecule has 2 aliphatic rings. The SMILES string of the molecule is Nc1ccc(C(=O)O)c(N2CCC3(O)CCCCC3C2)c1. The van der Waals surface area contributed by atoms with Crippen LogP contribution in [0.2, 0.25) is 0 Å². The van der Waals surface area contributed by atoms with Gasteiger partial charge < -0.3 is 20.8 Å². The molecule has 0 radical (unpaired) electrons. The summed E-state index contributed by atoms with van der Waals surface area (Å²) in [5.74, 6) is -0.711. The summed E-state index contributed by atoms with van der Waals surface area (Å²) in [6.45, 7) is 1.39. The number of rotatable bonds is 2. The standard InChI is InChI=1S/C16H22N2O3/c17-12-4-5-13(15(19)20)14(9-12)18-8-7-16(21)6-2-1-3-11(16)10-18/h4-5,9,11,21H,1-3,6-8,10,17H2,(H,19,20). The van der Waals surface area contributed by atoms with Crippen molar-refractivity contribution in [2.45, 2.75) is 37.7 Å². The maximum atomic E-state index is 11.4. The number of piperidine rings is 1. The van der Waals surface area contributed by atoms with Crippen LogP contribution in [0.5, 0.6) is 0 Å². The van der Waals surface area contributed by atoms with Gasteiger partial charge in [-0.05, 0) is 37.5 Å². The van der Waals surface area contributed by atoms with Gasteiger partial charge in [-0.2, -0.15) is 0 Å². The number of aromatic carboxylic acids is 1. The third kappa shape index (κ3) is 2.58. The Balaban J connectivity index is 1.88. The summed E-state index contributed by atoms with van der Waals surface area (Å²) in [7, 11) is 0. The van der Waals surface area contributed by atoms with Crippen LogP contribution in [0, 0.1) is 5.92 Å². The van der Waals surface area contributed by atoms with Crippen molar-refractivity contribution >= 4 is 17.3 Å². The van der Waals surface area contributed by atoms with Gasteiger partial charge in [-0.25, -0.2) is 4.79 Å². The van der Waals surface area contributed by atoms with Crippen LogP contribution < -0.4 is 10.6 Å². The number of benzene rings is 1. The Bertz CT molecular complexity index is 560. The number of anilines is 2. The number of fused-ring (bicyclic) bond motifs is 1. The van der Waals surface area contributed by atoms with Crippen molar-refractivity contribution in [1.82, 2.24) is 0 Å². The highest BCUT2D eigenvalue weighted by molar-refractivity contribution is 5.95. The normalized spacial score (nSPS) is 29.0. The molecule has 1 aromatic rings. The number of hydrogen-bond acceptors (Lipinski definition) is 4. The summed E-state index contributed by atoms with van der Waals surface area (Å²) in [4.78, 5) is 13.5. The summed E-state index contributed by atoms with van der Waals surface area (Å²) in [6, 6.07) is 4.92. The van der Waals surface area contributed by atoms with Gasteiger partial charge in [0.25, 0.3) is 0 Å². The molecule has 2 unspecified atom stereocenters. The third-order valence-electron chi connectivity index (χ3n) is 5.02. The van der Waals surface area contributed by atoms with Gasteiger partial charge in [-0.3, -0.25) is 0 Å². The molecule has 21 heavy (non-hydrogen) atoms. The monoisotopic (exact) mass is 290 g/mol. The Morgan fingerprint density at radius 1 is 1.33 bits per heavy atom. The summed E-state index contributed by atoms with van der Waals surface area (Å²) >= 11 is 0. The molecule has 5 nitrogen and oxygen atoms in total. The molecule has 1 heterocycles. The van der Waals surface area contributed by atoms with Gasteiger partial charge in [0.2, 0.25) is 0 Å². The van der Waals surface area contributed by atoms with Crippen LogP contribution >= 0.6 is 0 Å². The van der Waals surface area contributed by atoms with Crippen LogP contribution in [0.1, 0.15) is 42.5 Å². The molecule has 1 saturated heterocycles. The Morgan fingerprint density at radius 3 is 2.90 bits per heavy atom. The molecule has 2 atom stereocenters. The van der Waals surface area contributed by atoms with E-state index in [1.54, 1.807) is 18.2 Å². The smallest absolute Gasteiger partial charge is 0.337 e. The van der Waals surface area contributed by atoms with E-state index in [-0.39, 0.29) is 11.5 Å². The van der Waals surface area contributed by atoms with E-state index in [1.165, 1.54) is 0 Å². The van der Waals surface area contributed by atoms with Crippen molar-refractivity contribution < 1.29 is 15.0 Å². The topological polar surface area (TPSA) is 86.8 Å². The summed E-state index contributed by atoms with van der Waals surface area (Å²) in [5.41, 5.74) is 6.79. The average Bonchev–Trinajstić information content (AvgIpc) is 2.45. The van der Waals surface area contributed by atoms with E-state index in [0.717, 1.165) is 25.7 Å². The lowest BCUT2D eigenvalue weighted by molar-refractivity contribution is -0.0612. The second-order valence-electron chi connectivity index (χ2n) is 6.32. The van der Waals surface area contributed by atoms with Crippen LogP contribution in [0.3, 0.4) is 0 Å². The molecular weight excluding hydrogens is 268 g/mol. The van der Waals surface area contributed by atoms with Gasteiger partial charge in [0, 0.05) is 24.7 Å². The number of hydrogen-bond donors (Lipinski definition) is 3. The van der Waals surface area contributed by atoms with Gasteiger partial charge in [-0.1, -0.05) is 12.8 Å². The second-order valence-corrected chi connectivity index (χ2v) is 6.32. The second kappa shape index (κ2) is 5.22. The first-order valence-corrected chi connectivity index (χ1v) is 7.60. The van der Waals surface area contributed by atoms with E-state index in [9.17, 15) is 15.0 Å². The number of carboxylic acids is 1. The predicted octanol–water partition coefficient (Wildman–Crippen LogP) is 2.10. The highest BCUT2D eigenvalue weighted by Crippen LogP contribution is 2.41. The van der Waals surface area contributed by atoms with E-state index in [1.807, 2.05) is 0 Å². The lowest BCUT2D eigenvalue weighted by Gasteiger charge is -2.48. The van der Waals surface area contributed by atoms with Crippen molar-refractivity contribution in [3.05, 3.63) is 23.8 Å². The van der Waals surface area contributed by atoms with Crippen molar-refractivity contribution in [2.75, 3.05) is 23.7 Å². The highest BCUT2D eigenvalue weighted by Gasteiger charge is 2.43. The first kappa shape index (κ1) is 14.2. The van der Waals surface area contributed by atoms with E-state index in [2.05, 4.69) is 4.90 Å². The van der Waals surface area contributed by atoms with Crippen LogP contribution in [-0.4, -0.2) is 34.9 Å². The quantitative estimate of drug-likeness (QED) is 0.726. The molecule has 3 rings (SSSR count). The first-order chi connectivity index (χ1) is 9.99. The minimum Gasteiger partial charge on any atom is -0.478 e. The zero-order valence-corrected chi connectivity index (χ0v) is 12.1. The summed E-state index contributed by atoms with van der Waals surface area (Å²) in [6.07, 6.45) is 4.81. The van der Waals surface area contributed by atoms with Gasteiger partial charge in [-0.15, -0.1) is 0 Å². The van der Waals surface area contributed by atoms with Crippen molar-refractivity contribution in [3.8, 4) is 0 Å². The Labute approximate surface area is 124 Å². The van der Waals surface area contributed by atoms with Gasteiger partial charge in [0.1, 0.15) is 0 Å². The average molecular weight is 290 g/mol. The van der Waals surface area contributed by atoms with Crippen LogP contribution in [-0.2, 0) is 0 Å². The van der Waals surface area contributed by atoms with Crippen LogP contribution in [0.25, 0.3) is 0 Å². The highest BCUT2D eigenvalue weighted by atomic mass is 16.4. The van der Waals surface area contributed by atoms with Crippen LogP contribution in [0.4, 0.5) is 11.4 Å². The van der Waals surface area contributed by atoms with Crippen molar-refractivity contribution in [3.63, 3.8) is 0 Å². The lowest BCUT2D eigenvalue weighted by atomic mass is 9.71. The molecule has 5 heteroatoms. The predicted molar refractivity (Wildman–Crippen MR) is 81.6 cm³/mol. The fraction of sp³-hybridized carbons (Fsp3) is 0.562. The molecule has 1 aliphatic carbocycles. The van der Waals surface area contributed by atoms with Crippen LogP contribution in [0.15, 0.2) is 18.2 Å². The zero-order valence-electron chi connectivity index (χ0n) is 12.1. The number of nitrogen functional groups attached to an aromatic ring is 1. The molecule has 1 saturated carbocycles. The molecule has 114 valence electrons. The fourth-order valence-corrected chi connectivity index (χ4v) is 3.78. The Morgan fingerprint density at radius 2 is 2.14 bits per heavy atom. The third-order valence-corrected chi connectivity index (χ3v) is 5.02. The minimum atomic E-state index is -0.936.